The summed E-state index contributed by atoms with van der Waals surface area (Å²) in [5.41, 5.74) is 2.81. The molecule has 25 heavy (non-hydrogen) atoms. The number of halogens is 1. The number of rotatable bonds is 6. The molecule has 0 aromatic heterocycles. The highest BCUT2D eigenvalue weighted by Crippen LogP contribution is 2.21. The van der Waals surface area contributed by atoms with Crippen LogP contribution >= 0.6 is 0 Å². The summed E-state index contributed by atoms with van der Waals surface area (Å²) in [7, 11) is -3.89. The van der Waals surface area contributed by atoms with E-state index in [1.165, 1.54) is 19.1 Å². The first-order chi connectivity index (χ1) is 11.7. The molecule has 0 aliphatic carbocycles. The molecule has 5 nitrogen and oxygen atoms in total. The van der Waals surface area contributed by atoms with Gasteiger partial charge in [-0.25, -0.2) is 17.5 Å². The summed E-state index contributed by atoms with van der Waals surface area (Å²) in [6.07, 6.45) is 0.748. The van der Waals surface area contributed by atoms with Crippen LogP contribution in [-0.4, -0.2) is 20.9 Å². The van der Waals surface area contributed by atoms with Crippen molar-refractivity contribution < 1.29 is 17.6 Å². The topological polar surface area (TPSA) is 75.3 Å². The predicted molar refractivity (Wildman–Crippen MR) is 95.5 cm³/mol. The maximum atomic E-state index is 13.3. The third kappa shape index (κ3) is 4.64. The maximum Gasteiger partial charge on any atom is 0.241 e. The summed E-state index contributed by atoms with van der Waals surface area (Å²) in [6.45, 7) is 4.92. The van der Waals surface area contributed by atoms with Crippen LogP contribution < -0.4 is 10.0 Å². The molecule has 2 aromatic carbocycles. The van der Waals surface area contributed by atoms with Gasteiger partial charge in [-0.1, -0.05) is 25.1 Å². The molecule has 0 radical (unpaired) electrons. The standard InChI is InChI=1S/C18H21FN2O3S/c1-4-14-7-5-6-12(2)18(14)21-17(22)11-20-25(23,24)15-8-9-16(19)13(3)10-15/h5-10,20H,4,11H2,1-3H3,(H,21,22). The van der Waals surface area contributed by atoms with Gasteiger partial charge in [0.05, 0.1) is 11.4 Å². The molecule has 1 amide bonds. The van der Waals surface area contributed by atoms with Crippen molar-refractivity contribution in [3.63, 3.8) is 0 Å². The third-order valence-electron chi connectivity index (χ3n) is 3.87. The number of benzene rings is 2. The quantitative estimate of drug-likeness (QED) is 0.828. The van der Waals surface area contributed by atoms with Gasteiger partial charge in [-0.2, -0.15) is 0 Å². The Labute approximate surface area is 147 Å². The Morgan fingerprint density at radius 2 is 1.84 bits per heavy atom. The van der Waals surface area contributed by atoms with Crippen molar-refractivity contribution in [3.05, 3.63) is 58.9 Å². The lowest BCUT2D eigenvalue weighted by Crippen LogP contribution is -2.33. The molecule has 2 rings (SSSR count). The number of hydrogen-bond donors (Lipinski definition) is 2. The van der Waals surface area contributed by atoms with E-state index in [0.717, 1.165) is 23.6 Å². The first-order valence-electron chi connectivity index (χ1n) is 7.88. The Balaban J connectivity index is 2.08. The van der Waals surface area contributed by atoms with Crippen LogP contribution in [0.3, 0.4) is 0 Å². The zero-order valence-corrected chi connectivity index (χ0v) is 15.2. The third-order valence-corrected chi connectivity index (χ3v) is 5.27. The fourth-order valence-electron chi connectivity index (χ4n) is 2.41. The highest BCUT2D eigenvalue weighted by atomic mass is 32.2. The summed E-state index contributed by atoms with van der Waals surface area (Å²) in [6, 6.07) is 9.17. The van der Waals surface area contributed by atoms with Gasteiger partial charge in [0.15, 0.2) is 0 Å². The number of carbonyl (C=O) groups is 1. The molecular weight excluding hydrogens is 343 g/mol. The Morgan fingerprint density at radius 3 is 2.48 bits per heavy atom. The van der Waals surface area contributed by atoms with Gasteiger partial charge in [-0.3, -0.25) is 4.79 Å². The molecule has 0 saturated heterocycles. The van der Waals surface area contributed by atoms with Crippen molar-refractivity contribution in [2.24, 2.45) is 0 Å². The van der Waals surface area contributed by atoms with Crippen LogP contribution in [0.2, 0.25) is 0 Å². The fraction of sp³-hybridized carbons (Fsp3) is 0.278. The number of amides is 1. The Bertz CT molecular complexity index is 895. The van der Waals surface area contributed by atoms with Crippen LogP contribution in [-0.2, 0) is 21.2 Å². The van der Waals surface area contributed by atoms with Crippen LogP contribution in [0.4, 0.5) is 10.1 Å². The second-order valence-corrected chi connectivity index (χ2v) is 7.51. The Morgan fingerprint density at radius 1 is 1.12 bits per heavy atom. The number of para-hydroxylation sites is 1. The second-order valence-electron chi connectivity index (χ2n) is 5.75. The van der Waals surface area contributed by atoms with Crippen molar-refractivity contribution in [1.82, 2.24) is 4.72 Å². The molecular formula is C18H21FN2O3S. The normalized spacial score (nSPS) is 11.4. The van der Waals surface area contributed by atoms with Gasteiger partial charge in [-0.15, -0.1) is 0 Å². The molecule has 0 heterocycles. The molecule has 0 saturated carbocycles. The number of anilines is 1. The minimum Gasteiger partial charge on any atom is -0.324 e. The lowest BCUT2D eigenvalue weighted by molar-refractivity contribution is -0.115. The van der Waals surface area contributed by atoms with Crippen LogP contribution in [0.25, 0.3) is 0 Å². The van der Waals surface area contributed by atoms with Gasteiger partial charge in [0.25, 0.3) is 0 Å². The molecule has 0 spiro atoms. The molecule has 0 atom stereocenters. The number of aryl methyl sites for hydroxylation is 3. The van der Waals surface area contributed by atoms with Crippen LogP contribution in [0.5, 0.6) is 0 Å². The van der Waals surface area contributed by atoms with Gasteiger partial charge in [0.1, 0.15) is 5.82 Å². The van der Waals surface area contributed by atoms with Gasteiger partial charge in [-0.05, 0) is 55.2 Å². The highest BCUT2D eigenvalue weighted by molar-refractivity contribution is 7.89. The average Bonchev–Trinajstić information content (AvgIpc) is 2.57. The zero-order valence-electron chi connectivity index (χ0n) is 14.4. The van der Waals surface area contributed by atoms with Gasteiger partial charge >= 0.3 is 0 Å². The van der Waals surface area contributed by atoms with E-state index in [-0.39, 0.29) is 10.5 Å². The molecule has 0 fully saturated rings. The lowest BCUT2D eigenvalue weighted by Gasteiger charge is -2.13. The summed E-state index contributed by atoms with van der Waals surface area (Å²) < 4.78 is 40.0. The number of nitrogens with one attached hydrogen (secondary N) is 2. The molecule has 0 aliphatic rings. The van der Waals surface area contributed by atoms with E-state index >= 15 is 0 Å². The largest absolute Gasteiger partial charge is 0.324 e. The van der Waals surface area contributed by atoms with E-state index in [9.17, 15) is 17.6 Å². The fourth-order valence-corrected chi connectivity index (χ4v) is 3.48. The minimum absolute atomic E-state index is 0.0793. The van der Waals surface area contributed by atoms with Crippen molar-refractivity contribution in [1.29, 1.82) is 0 Å². The number of hydrogen-bond acceptors (Lipinski definition) is 3. The second kappa shape index (κ2) is 7.76. The zero-order chi connectivity index (χ0) is 18.6. The summed E-state index contributed by atoms with van der Waals surface area (Å²) in [5, 5.41) is 2.75. The molecule has 2 N–H and O–H groups in total. The molecule has 0 aliphatic heterocycles. The summed E-state index contributed by atoms with van der Waals surface area (Å²) in [5.74, 6) is -0.949. The van der Waals surface area contributed by atoms with Crippen LogP contribution in [0.1, 0.15) is 23.6 Å². The van der Waals surface area contributed by atoms with Crippen molar-refractivity contribution in [2.45, 2.75) is 32.1 Å². The Hall–Kier alpha value is -2.25. The first kappa shape index (κ1) is 19.1. The van der Waals surface area contributed by atoms with E-state index in [4.69, 9.17) is 0 Å². The highest BCUT2D eigenvalue weighted by Gasteiger charge is 2.17. The van der Waals surface area contributed by atoms with Crippen LogP contribution in [0, 0.1) is 19.7 Å². The smallest absolute Gasteiger partial charge is 0.241 e. The molecule has 7 heteroatoms. The summed E-state index contributed by atoms with van der Waals surface area (Å²) >= 11 is 0. The van der Waals surface area contributed by atoms with Crippen molar-refractivity contribution in [2.75, 3.05) is 11.9 Å². The predicted octanol–water partition coefficient (Wildman–Crippen LogP) is 2.92. The van der Waals surface area contributed by atoms with E-state index < -0.39 is 28.3 Å². The van der Waals surface area contributed by atoms with Crippen molar-refractivity contribution in [3.8, 4) is 0 Å². The van der Waals surface area contributed by atoms with E-state index in [2.05, 4.69) is 10.0 Å². The minimum atomic E-state index is -3.89. The first-order valence-corrected chi connectivity index (χ1v) is 9.37. The molecule has 0 unspecified atom stereocenters. The van der Waals surface area contributed by atoms with Crippen LogP contribution in [0.15, 0.2) is 41.3 Å². The maximum absolute atomic E-state index is 13.3. The summed E-state index contributed by atoms with van der Waals surface area (Å²) in [4.78, 5) is 12.1. The molecule has 134 valence electrons. The van der Waals surface area contributed by atoms with Gasteiger partial charge in [0.2, 0.25) is 15.9 Å². The van der Waals surface area contributed by atoms with Crippen molar-refractivity contribution >= 4 is 21.6 Å². The molecule has 0 bridgehead atoms. The van der Waals surface area contributed by atoms with E-state index in [0.29, 0.717) is 5.69 Å². The number of sulfonamides is 1. The van der Waals surface area contributed by atoms with Gasteiger partial charge in [0, 0.05) is 5.69 Å². The van der Waals surface area contributed by atoms with E-state index in [1.54, 1.807) is 0 Å². The number of carbonyl (C=O) groups excluding carboxylic acids is 1. The SMILES string of the molecule is CCc1cccc(C)c1NC(=O)CNS(=O)(=O)c1ccc(F)c(C)c1. The van der Waals surface area contributed by atoms with Gasteiger partial charge < -0.3 is 5.32 Å². The monoisotopic (exact) mass is 364 g/mol. The Kier molecular flexibility index (Phi) is 5.92. The van der Waals surface area contributed by atoms with E-state index in [1.807, 2.05) is 32.0 Å². The average molecular weight is 364 g/mol. The lowest BCUT2D eigenvalue weighted by atomic mass is 10.1. The molecule has 2 aromatic rings.